The highest BCUT2D eigenvalue weighted by atomic mass is 32.2. The molecule has 0 fully saturated rings. The summed E-state index contributed by atoms with van der Waals surface area (Å²) in [6.45, 7) is 0. The quantitative estimate of drug-likeness (QED) is 0.126. The molecule has 1 heterocycles. The Morgan fingerprint density at radius 3 is 2.05 bits per heavy atom. The van der Waals surface area contributed by atoms with Crippen LogP contribution in [0.15, 0.2) is 110 Å². The minimum Gasteiger partial charge on any atom is -0.494 e. The number of nitrogens with zero attached hydrogens (tertiary/aromatic N) is 4. The summed E-state index contributed by atoms with van der Waals surface area (Å²) in [5.41, 5.74) is 2.86. The monoisotopic (exact) mass is 544 g/mol. The van der Waals surface area contributed by atoms with Crippen LogP contribution in [0.2, 0.25) is 0 Å². The second-order valence-corrected chi connectivity index (χ2v) is 11.0. The maximum absolute atomic E-state index is 12.1. The number of thioether (sulfide) groups is 1. The van der Waals surface area contributed by atoms with Gasteiger partial charge in [0.05, 0.1) is 40.7 Å². The molecule has 1 aliphatic rings. The number of nitro groups is 1. The Kier molecular flexibility index (Phi) is 6.79. The van der Waals surface area contributed by atoms with Crippen molar-refractivity contribution in [1.29, 1.82) is 0 Å². The standard InChI is InChI=1S/C27H20N4O5S2/c1-36-25-15-24(30-38(2,34)35)26(37-18-13-11-17(12-14-18)31(32)33)16-23(25)29-27-19-7-3-5-9-21(19)28-22-10-6-4-8-20(22)27/h3-16H,1-2H3/b29-23?,30-24+. The van der Waals surface area contributed by atoms with Gasteiger partial charge in [0.2, 0.25) is 0 Å². The average molecular weight is 545 g/mol. The molecule has 0 radical (unpaired) electrons. The molecule has 1 aromatic heterocycles. The molecule has 9 nitrogen and oxygen atoms in total. The fraction of sp³-hybridized carbons (Fsp3) is 0.0741. The largest absolute Gasteiger partial charge is 0.494 e. The normalized spacial score (nSPS) is 16.1. The summed E-state index contributed by atoms with van der Waals surface area (Å²) >= 11 is 1.22. The predicted molar refractivity (Wildman–Crippen MR) is 151 cm³/mol. The molecular formula is C27H20N4O5S2. The molecule has 190 valence electrons. The van der Waals surface area contributed by atoms with Gasteiger partial charge in [0.1, 0.15) is 11.5 Å². The third-order valence-corrected chi connectivity index (χ3v) is 7.17. The predicted octanol–water partition coefficient (Wildman–Crippen LogP) is 5.99. The molecule has 0 amide bonds. The molecule has 11 heteroatoms. The number of rotatable bonds is 6. The Bertz CT molecular complexity index is 1770. The topological polar surface area (TPSA) is 124 Å². The Balaban J connectivity index is 1.70. The van der Waals surface area contributed by atoms with E-state index in [2.05, 4.69) is 4.40 Å². The highest BCUT2D eigenvalue weighted by molar-refractivity contribution is 8.04. The van der Waals surface area contributed by atoms with Crippen molar-refractivity contribution >= 4 is 66.4 Å². The molecule has 0 N–H and O–H groups in total. The fourth-order valence-corrected chi connectivity index (χ4v) is 5.41. The van der Waals surface area contributed by atoms with E-state index in [0.717, 1.165) is 28.1 Å². The lowest BCUT2D eigenvalue weighted by molar-refractivity contribution is -0.384. The first-order valence-electron chi connectivity index (χ1n) is 11.3. The van der Waals surface area contributed by atoms with Crippen LogP contribution in [0.3, 0.4) is 0 Å². The van der Waals surface area contributed by atoms with E-state index in [4.69, 9.17) is 14.7 Å². The van der Waals surface area contributed by atoms with Crippen LogP contribution in [0, 0.1) is 10.1 Å². The summed E-state index contributed by atoms with van der Waals surface area (Å²) in [5.74, 6) is 0.338. The minimum atomic E-state index is -3.74. The van der Waals surface area contributed by atoms with Gasteiger partial charge in [-0.2, -0.15) is 4.40 Å². The fourth-order valence-electron chi connectivity index (χ4n) is 3.94. The molecular weight excluding hydrogens is 524 g/mol. The number of hydrogen-bond acceptors (Lipinski definition) is 8. The van der Waals surface area contributed by atoms with Crippen LogP contribution in [0.25, 0.3) is 21.8 Å². The molecule has 5 rings (SSSR count). The lowest BCUT2D eigenvalue weighted by Crippen LogP contribution is -2.15. The van der Waals surface area contributed by atoms with Crippen molar-refractivity contribution < 1.29 is 18.1 Å². The Labute approximate surface area is 222 Å². The number of sulfonamides is 1. The first-order valence-corrected chi connectivity index (χ1v) is 13.9. The SMILES string of the molecule is COC1=C/C(=N\S(C)(=O)=O)C(Sc2ccc([N+](=O)[O-])cc2)=CC1=Nc1c2ccccc2nc2ccccc12. The Morgan fingerprint density at radius 1 is 0.895 bits per heavy atom. The maximum atomic E-state index is 12.1. The van der Waals surface area contributed by atoms with Gasteiger partial charge < -0.3 is 4.74 Å². The van der Waals surface area contributed by atoms with Crippen LogP contribution in [-0.2, 0) is 14.8 Å². The lowest BCUT2D eigenvalue weighted by atomic mass is 10.1. The van der Waals surface area contributed by atoms with Gasteiger partial charge in [0.15, 0.2) is 0 Å². The van der Waals surface area contributed by atoms with Gasteiger partial charge in [-0.25, -0.2) is 18.4 Å². The van der Waals surface area contributed by atoms with E-state index in [9.17, 15) is 18.5 Å². The van der Waals surface area contributed by atoms with E-state index in [1.807, 2.05) is 48.5 Å². The Morgan fingerprint density at radius 2 is 1.50 bits per heavy atom. The smallest absolute Gasteiger partial charge is 0.269 e. The third-order valence-electron chi connectivity index (χ3n) is 5.59. The highest BCUT2D eigenvalue weighted by Gasteiger charge is 2.22. The van der Waals surface area contributed by atoms with Crippen molar-refractivity contribution in [3.8, 4) is 0 Å². The Hall–Kier alpha value is -4.35. The van der Waals surface area contributed by atoms with Crippen LogP contribution in [0.4, 0.5) is 11.4 Å². The number of pyridine rings is 1. The summed E-state index contributed by atoms with van der Waals surface area (Å²) in [4.78, 5) is 21.5. The molecule has 0 unspecified atom stereocenters. The number of allylic oxidation sites excluding steroid dienone is 3. The van der Waals surface area contributed by atoms with E-state index >= 15 is 0 Å². The molecule has 38 heavy (non-hydrogen) atoms. The van der Waals surface area contributed by atoms with E-state index in [1.165, 1.54) is 37.1 Å². The average Bonchev–Trinajstić information content (AvgIpc) is 2.89. The summed E-state index contributed by atoms with van der Waals surface area (Å²) in [5, 5.41) is 12.7. The number of hydrogen-bond donors (Lipinski definition) is 0. The maximum Gasteiger partial charge on any atom is 0.269 e. The number of fused-ring (bicyclic) bond motifs is 2. The molecule has 0 bridgehead atoms. The second-order valence-electron chi connectivity index (χ2n) is 8.28. The molecule has 3 aromatic carbocycles. The van der Waals surface area contributed by atoms with Gasteiger partial charge in [0, 0.05) is 38.8 Å². The van der Waals surface area contributed by atoms with E-state index in [0.29, 0.717) is 27.0 Å². The zero-order valence-corrected chi connectivity index (χ0v) is 21.9. The van der Waals surface area contributed by atoms with Gasteiger partial charge in [0.25, 0.3) is 15.7 Å². The van der Waals surface area contributed by atoms with Crippen molar-refractivity contribution in [3.63, 3.8) is 0 Å². The molecule has 4 aromatic rings. The molecule has 0 aliphatic heterocycles. The summed E-state index contributed by atoms with van der Waals surface area (Å²) in [6.07, 6.45) is 4.24. The van der Waals surface area contributed by atoms with Crippen LogP contribution in [-0.4, -0.2) is 43.1 Å². The van der Waals surface area contributed by atoms with Gasteiger partial charge in [-0.05, 0) is 30.3 Å². The highest BCUT2D eigenvalue weighted by Crippen LogP contribution is 2.36. The lowest BCUT2D eigenvalue weighted by Gasteiger charge is -2.17. The number of methoxy groups -OCH3 is 1. The first-order chi connectivity index (χ1) is 18.2. The molecule has 0 saturated heterocycles. The van der Waals surface area contributed by atoms with Crippen LogP contribution in [0.1, 0.15) is 0 Å². The van der Waals surface area contributed by atoms with Crippen LogP contribution in [0.5, 0.6) is 0 Å². The zero-order chi connectivity index (χ0) is 26.9. The number of benzene rings is 3. The van der Waals surface area contributed by atoms with Gasteiger partial charge in [-0.3, -0.25) is 10.1 Å². The van der Waals surface area contributed by atoms with Crippen molar-refractivity contribution in [2.24, 2.45) is 9.39 Å². The van der Waals surface area contributed by atoms with Crippen LogP contribution < -0.4 is 0 Å². The van der Waals surface area contributed by atoms with E-state index < -0.39 is 14.9 Å². The minimum absolute atomic E-state index is 0.0442. The van der Waals surface area contributed by atoms with E-state index in [-0.39, 0.29) is 11.4 Å². The molecule has 0 spiro atoms. The number of aliphatic imine (C=N–C) groups is 1. The zero-order valence-electron chi connectivity index (χ0n) is 20.2. The second kappa shape index (κ2) is 10.2. The van der Waals surface area contributed by atoms with Crippen molar-refractivity contribution in [3.05, 3.63) is 106 Å². The number of ether oxygens (including phenoxy) is 1. The number of nitro benzene ring substituents is 1. The number of para-hydroxylation sites is 2. The first kappa shape index (κ1) is 25.3. The number of aromatic nitrogens is 1. The van der Waals surface area contributed by atoms with Crippen molar-refractivity contribution in [1.82, 2.24) is 4.98 Å². The van der Waals surface area contributed by atoms with Gasteiger partial charge >= 0.3 is 0 Å². The molecule has 0 saturated carbocycles. The van der Waals surface area contributed by atoms with Crippen molar-refractivity contribution in [2.75, 3.05) is 13.4 Å². The summed E-state index contributed by atoms with van der Waals surface area (Å²) in [6, 6.07) is 21.3. The van der Waals surface area contributed by atoms with E-state index in [1.54, 1.807) is 18.2 Å². The summed E-state index contributed by atoms with van der Waals surface area (Å²) < 4.78 is 33.6. The van der Waals surface area contributed by atoms with Crippen molar-refractivity contribution in [2.45, 2.75) is 4.90 Å². The third kappa shape index (κ3) is 5.34. The molecule has 0 atom stereocenters. The summed E-state index contributed by atoms with van der Waals surface area (Å²) in [7, 11) is -2.26. The number of non-ortho nitro benzene ring substituents is 1. The van der Waals surface area contributed by atoms with Gasteiger partial charge in [-0.15, -0.1) is 0 Å². The molecule has 1 aliphatic carbocycles. The van der Waals surface area contributed by atoms with Crippen LogP contribution >= 0.6 is 11.8 Å². The van der Waals surface area contributed by atoms with Gasteiger partial charge in [-0.1, -0.05) is 48.2 Å².